The number of nitrogen functional groups attached to an aromatic ring is 1. The van der Waals surface area contributed by atoms with E-state index in [9.17, 15) is 0 Å². The monoisotopic (exact) mass is 437 g/mol. The van der Waals surface area contributed by atoms with Crippen LogP contribution in [-0.4, -0.2) is 15.0 Å². The molecule has 0 aliphatic rings. The molecule has 0 radical (unpaired) electrons. The predicted molar refractivity (Wildman–Crippen MR) is 135 cm³/mol. The first-order valence-corrected chi connectivity index (χ1v) is 11.4. The zero-order valence-corrected chi connectivity index (χ0v) is 20.0. The van der Waals surface area contributed by atoms with Crippen LogP contribution in [0, 0.1) is 19.8 Å². The number of unbranched alkanes of at least 4 members (excludes halogenated alkanes) is 1. The number of rotatable bonds is 8. The molecule has 0 fully saturated rings. The number of pyridine rings is 1. The van der Waals surface area contributed by atoms with E-state index in [0.717, 1.165) is 34.9 Å². The summed E-state index contributed by atoms with van der Waals surface area (Å²) in [6.07, 6.45) is 9.75. The van der Waals surface area contributed by atoms with Crippen molar-refractivity contribution in [2.45, 2.75) is 59.8 Å². The van der Waals surface area contributed by atoms with Gasteiger partial charge in [0.05, 0.1) is 11.9 Å². The van der Waals surface area contributed by atoms with Gasteiger partial charge >= 0.3 is 0 Å². The maximum atomic E-state index is 6.15. The third kappa shape index (κ3) is 6.77. The van der Waals surface area contributed by atoms with E-state index in [1.807, 2.05) is 19.1 Å². The van der Waals surface area contributed by atoms with E-state index in [1.54, 1.807) is 12.4 Å². The molecule has 0 saturated carbocycles. The highest BCUT2D eigenvalue weighted by molar-refractivity contribution is 7.77. The lowest BCUT2D eigenvalue weighted by Gasteiger charge is -2.16. The van der Waals surface area contributed by atoms with E-state index in [-0.39, 0.29) is 0 Å². The van der Waals surface area contributed by atoms with Crippen molar-refractivity contribution >= 4 is 18.6 Å². The van der Waals surface area contributed by atoms with Crippen molar-refractivity contribution in [3.05, 3.63) is 59.5 Å². The molecular formula is C25H35N5S. The first-order valence-electron chi connectivity index (χ1n) is 10.9. The van der Waals surface area contributed by atoms with Gasteiger partial charge in [0.15, 0.2) is 0 Å². The molecule has 0 aliphatic carbocycles. The van der Waals surface area contributed by atoms with Crippen LogP contribution >= 0.6 is 12.8 Å². The van der Waals surface area contributed by atoms with Crippen molar-refractivity contribution in [1.29, 1.82) is 0 Å². The Hall–Kier alpha value is -2.44. The maximum Gasteiger partial charge on any atom is 0.150 e. The third-order valence-corrected chi connectivity index (χ3v) is 5.62. The average Bonchev–Trinajstić information content (AvgIpc) is 2.79. The largest absolute Gasteiger partial charge is 0.382 e. The quantitative estimate of drug-likeness (QED) is 0.379. The molecule has 3 aromatic rings. The molecule has 6 heteroatoms. The van der Waals surface area contributed by atoms with E-state index in [4.69, 9.17) is 10.7 Å². The van der Waals surface area contributed by atoms with Crippen LogP contribution in [0.1, 0.15) is 56.4 Å². The summed E-state index contributed by atoms with van der Waals surface area (Å²) in [5.41, 5.74) is 13.3. The van der Waals surface area contributed by atoms with Gasteiger partial charge in [-0.05, 0) is 55.5 Å². The molecule has 0 aliphatic heterocycles. The molecule has 0 amide bonds. The van der Waals surface area contributed by atoms with Crippen molar-refractivity contribution in [3.63, 3.8) is 0 Å². The summed E-state index contributed by atoms with van der Waals surface area (Å²) in [6, 6.07) is 10.7. The molecular weight excluding hydrogens is 402 g/mol. The van der Waals surface area contributed by atoms with E-state index < -0.39 is 0 Å². The molecule has 0 bridgehead atoms. The van der Waals surface area contributed by atoms with Crippen LogP contribution in [0.5, 0.6) is 0 Å². The van der Waals surface area contributed by atoms with Crippen LogP contribution in [0.3, 0.4) is 0 Å². The minimum atomic E-state index is 0.443. The Balaban J connectivity index is 0.00000166. The second kappa shape index (κ2) is 12.4. The van der Waals surface area contributed by atoms with Gasteiger partial charge in [-0.15, -0.1) is 12.8 Å². The second-order valence-electron chi connectivity index (χ2n) is 7.94. The molecule has 4 N–H and O–H groups in total. The summed E-state index contributed by atoms with van der Waals surface area (Å²) in [5, 5.41) is 4.19. The zero-order chi connectivity index (χ0) is 22.8. The highest BCUT2D eigenvalue weighted by Crippen LogP contribution is 2.29. The third-order valence-electron chi connectivity index (χ3n) is 5.62. The lowest BCUT2D eigenvalue weighted by molar-refractivity contribution is 0.449. The maximum absolute atomic E-state index is 6.15. The van der Waals surface area contributed by atoms with Gasteiger partial charge < -0.3 is 5.73 Å². The summed E-state index contributed by atoms with van der Waals surface area (Å²) < 4.78 is 0. The molecule has 1 aromatic carbocycles. The molecule has 31 heavy (non-hydrogen) atoms. The molecule has 0 saturated heterocycles. The first kappa shape index (κ1) is 24.8. The van der Waals surface area contributed by atoms with Gasteiger partial charge in [-0.25, -0.2) is 9.97 Å². The first-order chi connectivity index (χ1) is 15.0. The topological polar surface area (TPSA) is 90.7 Å². The lowest BCUT2D eigenvalue weighted by atomic mass is 9.90. The number of aromatic nitrogens is 3. The summed E-state index contributed by atoms with van der Waals surface area (Å²) >= 11 is 3.03. The Morgan fingerprint density at radius 2 is 1.81 bits per heavy atom. The minimum absolute atomic E-state index is 0.443. The van der Waals surface area contributed by atoms with Crippen LogP contribution in [0.25, 0.3) is 22.5 Å². The van der Waals surface area contributed by atoms with Crippen molar-refractivity contribution in [3.8, 4) is 22.5 Å². The Labute approximate surface area is 192 Å². The normalized spacial score (nSPS) is 11.5. The lowest BCUT2D eigenvalue weighted by Crippen LogP contribution is -2.04. The van der Waals surface area contributed by atoms with Gasteiger partial charge in [-0.2, -0.15) is 0 Å². The number of hydrogen-bond acceptors (Lipinski definition) is 6. The fourth-order valence-electron chi connectivity index (χ4n) is 3.78. The summed E-state index contributed by atoms with van der Waals surface area (Å²) in [7, 11) is 0. The number of nitrogens with two attached hydrogens (primary N) is 2. The molecule has 1 unspecified atom stereocenters. The van der Waals surface area contributed by atoms with Crippen molar-refractivity contribution in [2.75, 3.05) is 5.73 Å². The molecule has 5 nitrogen and oxygen atoms in total. The predicted octanol–water partition coefficient (Wildman–Crippen LogP) is 5.95. The number of anilines is 1. The van der Waals surface area contributed by atoms with E-state index >= 15 is 0 Å². The van der Waals surface area contributed by atoms with Gasteiger partial charge in [-0.1, -0.05) is 51.7 Å². The fraction of sp³-hybridized carbons (Fsp3) is 0.400. The van der Waals surface area contributed by atoms with Crippen molar-refractivity contribution in [2.24, 2.45) is 11.1 Å². The van der Waals surface area contributed by atoms with Crippen LogP contribution in [0.2, 0.25) is 0 Å². The van der Waals surface area contributed by atoms with Crippen LogP contribution in [-0.2, 0) is 6.42 Å². The molecule has 2 heterocycles. The van der Waals surface area contributed by atoms with Crippen molar-refractivity contribution < 1.29 is 0 Å². The zero-order valence-electron chi connectivity index (χ0n) is 19.1. The average molecular weight is 438 g/mol. The number of hydrogen-bond donors (Lipinski definition) is 3. The van der Waals surface area contributed by atoms with E-state index in [0.29, 0.717) is 11.5 Å². The van der Waals surface area contributed by atoms with E-state index in [1.165, 1.54) is 36.8 Å². The molecule has 166 valence electrons. The van der Waals surface area contributed by atoms with Crippen LogP contribution < -0.4 is 10.9 Å². The molecule has 0 spiro atoms. The standard InChI is InChI=1S/C25H32N4.H3NS/c1-5-7-8-19(6-2)14-20-10-9-17(3)22(15-20)23-16-28-25(26)24(29-23)21-11-12-27-18(4)13-21;1-2/h9-13,15-16,19H,5-8,14H2,1-4H3,(H2,26,28);2H,1H2. The Morgan fingerprint density at radius 1 is 1.03 bits per heavy atom. The number of benzene rings is 1. The van der Waals surface area contributed by atoms with Crippen molar-refractivity contribution in [1.82, 2.24) is 15.0 Å². The Bertz CT molecular complexity index is 974. The highest BCUT2D eigenvalue weighted by atomic mass is 32.1. The Kier molecular flexibility index (Phi) is 9.95. The molecule has 3 rings (SSSR count). The number of aryl methyl sites for hydroxylation is 2. The molecule has 2 aromatic heterocycles. The molecule has 1 atom stereocenters. The fourth-order valence-corrected chi connectivity index (χ4v) is 3.78. The minimum Gasteiger partial charge on any atom is -0.382 e. The Morgan fingerprint density at radius 3 is 2.48 bits per heavy atom. The SMILES string of the molecule is CCCCC(CC)Cc1ccc(C)c(-c2cnc(N)c(-c3ccnc(C)c3)n2)c1.NS. The summed E-state index contributed by atoms with van der Waals surface area (Å²) in [5.74, 6) is 1.18. The highest BCUT2D eigenvalue weighted by Gasteiger charge is 2.13. The van der Waals surface area contributed by atoms with Gasteiger partial charge in [0.1, 0.15) is 11.5 Å². The van der Waals surface area contributed by atoms with E-state index in [2.05, 4.69) is 66.9 Å². The smallest absolute Gasteiger partial charge is 0.150 e. The number of thiol groups is 1. The van der Waals surface area contributed by atoms with Crippen LogP contribution in [0.4, 0.5) is 5.82 Å². The second-order valence-corrected chi connectivity index (χ2v) is 7.94. The van der Waals surface area contributed by atoms with Gasteiger partial charge in [0, 0.05) is 23.0 Å². The summed E-state index contributed by atoms with van der Waals surface area (Å²) in [6.45, 7) is 8.65. The van der Waals surface area contributed by atoms with Gasteiger partial charge in [-0.3, -0.25) is 10.1 Å². The van der Waals surface area contributed by atoms with Crippen LogP contribution in [0.15, 0.2) is 42.7 Å². The van der Waals surface area contributed by atoms with Gasteiger partial charge in [0.2, 0.25) is 0 Å². The summed E-state index contributed by atoms with van der Waals surface area (Å²) in [4.78, 5) is 13.6. The van der Waals surface area contributed by atoms with Gasteiger partial charge in [0.25, 0.3) is 0 Å². The number of nitrogens with zero attached hydrogens (tertiary/aromatic N) is 3.